The van der Waals surface area contributed by atoms with E-state index in [2.05, 4.69) is 24.5 Å². The highest BCUT2D eigenvalue weighted by Gasteiger charge is 2.59. The van der Waals surface area contributed by atoms with E-state index in [9.17, 15) is 4.79 Å². The summed E-state index contributed by atoms with van der Waals surface area (Å²) in [6, 6.07) is 7.62. The second-order valence-corrected chi connectivity index (χ2v) is 8.22. The number of carbonyl (C=O) groups is 1. The molecule has 1 aromatic rings. The van der Waals surface area contributed by atoms with Gasteiger partial charge in [0.1, 0.15) is 5.75 Å². The molecule has 5 nitrogen and oxygen atoms in total. The standard InChI is InChI=1S/C20H28N2O3S/c1-5-25-18(23)15-9-12-10-16(20(12,2)3)17(15)22-19(26)21-13-7-6-8-14(11-13)24-4/h6-8,11-12,15-17H,5,9-10H2,1-4H3,(H2,21,22,26)/t12-,15-,16-,17-/m1/s1. The largest absolute Gasteiger partial charge is 0.497 e. The molecule has 4 rings (SSSR count). The molecule has 0 saturated heterocycles. The summed E-state index contributed by atoms with van der Waals surface area (Å²) in [7, 11) is 1.64. The van der Waals surface area contributed by atoms with Crippen LogP contribution in [0.25, 0.3) is 0 Å². The van der Waals surface area contributed by atoms with Gasteiger partial charge in [0.2, 0.25) is 0 Å². The normalized spacial score (nSPS) is 28.5. The minimum atomic E-state index is -0.142. The minimum absolute atomic E-state index is 0.000317. The number of fused-ring (bicyclic) bond motifs is 2. The lowest BCUT2D eigenvalue weighted by Crippen LogP contribution is -2.65. The maximum absolute atomic E-state index is 12.5. The van der Waals surface area contributed by atoms with E-state index in [1.54, 1.807) is 7.11 Å². The monoisotopic (exact) mass is 376 g/mol. The van der Waals surface area contributed by atoms with Crippen molar-refractivity contribution in [3.05, 3.63) is 24.3 Å². The molecule has 2 N–H and O–H groups in total. The number of hydrogen-bond donors (Lipinski definition) is 2. The summed E-state index contributed by atoms with van der Waals surface area (Å²) in [4.78, 5) is 12.5. The summed E-state index contributed by atoms with van der Waals surface area (Å²) in [6.45, 7) is 6.84. The summed E-state index contributed by atoms with van der Waals surface area (Å²) in [5.74, 6) is 1.51. The molecule has 26 heavy (non-hydrogen) atoms. The van der Waals surface area contributed by atoms with Crippen LogP contribution in [0, 0.1) is 23.2 Å². The Kier molecular flexibility index (Phi) is 5.42. The number of thiocarbonyl (C=S) groups is 1. The van der Waals surface area contributed by atoms with Gasteiger partial charge in [0.15, 0.2) is 5.11 Å². The molecule has 3 aliphatic rings. The zero-order valence-electron chi connectivity index (χ0n) is 15.9. The van der Waals surface area contributed by atoms with Crippen LogP contribution in [0.1, 0.15) is 33.6 Å². The van der Waals surface area contributed by atoms with Crippen LogP contribution in [0.15, 0.2) is 24.3 Å². The summed E-state index contributed by atoms with van der Waals surface area (Å²) in [6.07, 6.45) is 2.00. The fourth-order valence-electron chi connectivity index (χ4n) is 4.51. The molecule has 3 saturated carbocycles. The van der Waals surface area contributed by atoms with Crippen LogP contribution in [0.2, 0.25) is 0 Å². The zero-order chi connectivity index (χ0) is 18.9. The number of nitrogens with one attached hydrogen (secondary N) is 2. The van der Waals surface area contributed by atoms with Gasteiger partial charge in [-0.1, -0.05) is 19.9 Å². The molecule has 4 atom stereocenters. The predicted molar refractivity (Wildman–Crippen MR) is 106 cm³/mol. The molecule has 1 aromatic carbocycles. The smallest absolute Gasteiger partial charge is 0.311 e. The molecule has 0 radical (unpaired) electrons. The second kappa shape index (κ2) is 7.43. The Bertz CT molecular complexity index is 691. The lowest BCUT2D eigenvalue weighted by molar-refractivity contribution is -0.166. The molecule has 0 spiro atoms. The maximum Gasteiger partial charge on any atom is 0.311 e. The van der Waals surface area contributed by atoms with Crippen molar-refractivity contribution in [2.24, 2.45) is 23.2 Å². The number of rotatable bonds is 5. The molecule has 0 amide bonds. The van der Waals surface area contributed by atoms with Gasteiger partial charge in [0.05, 0.1) is 19.6 Å². The summed E-state index contributed by atoms with van der Waals surface area (Å²) in [5.41, 5.74) is 1.09. The third-order valence-electron chi connectivity index (χ3n) is 6.17. The average molecular weight is 377 g/mol. The minimum Gasteiger partial charge on any atom is -0.497 e. The van der Waals surface area contributed by atoms with E-state index in [1.807, 2.05) is 31.2 Å². The van der Waals surface area contributed by atoms with Crippen molar-refractivity contribution in [1.82, 2.24) is 5.32 Å². The van der Waals surface area contributed by atoms with Crippen molar-refractivity contribution in [3.8, 4) is 5.75 Å². The van der Waals surface area contributed by atoms with Crippen LogP contribution in [0.3, 0.4) is 0 Å². The predicted octanol–water partition coefficient (Wildman–Crippen LogP) is 3.60. The maximum atomic E-state index is 12.5. The number of ether oxygens (including phenoxy) is 2. The van der Waals surface area contributed by atoms with Gasteiger partial charge in [-0.15, -0.1) is 0 Å². The summed E-state index contributed by atoms with van der Waals surface area (Å²) < 4.78 is 10.6. The van der Waals surface area contributed by atoms with Crippen LogP contribution in [0.4, 0.5) is 5.69 Å². The number of hydrogen-bond acceptors (Lipinski definition) is 4. The highest BCUT2D eigenvalue weighted by atomic mass is 32.1. The lowest BCUT2D eigenvalue weighted by atomic mass is 9.45. The Morgan fingerprint density at radius 2 is 2.12 bits per heavy atom. The Morgan fingerprint density at radius 1 is 1.35 bits per heavy atom. The van der Waals surface area contributed by atoms with Gasteiger partial charge in [-0.05, 0) is 61.4 Å². The van der Waals surface area contributed by atoms with Crippen molar-refractivity contribution in [1.29, 1.82) is 0 Å². The van der Waals surface area contributed by atoms with E-state index in [0.717, 1.165) is 24.3 Å². The zero-order valence-corrected chi connectivity index (χ0v) is 16.7. The molecule has 0 aliphatic heterocycles. The first kappa shape index (κ1) is 19.0. The molecule has 6 heteroatoms. The molecule has 3 aliphatic carbocycles. The fourth-order valence-corrected chi connectivity index (χ4v) is 4.77. The SMILES string of the molecule is CCOC(=O)[C@@H]1C[C@@H]2C[C@H]([C@@H]1NC(=S)Nc1cccc(OC)c1)C2(C)C. The Morgan fingerprint density at radius 3 is 2.77 bits per heavy atom. The van der Waals surface area contributed by atoms with E-state index in [-0.39, 0.29) is 23.3 Å². The Labute approximate surface area is 160 Å². The van der Waals surface area contributed by atoms with E-state index in [1.165, 1.54) is 0 Å². The molecule has 0 unspecified atom stereocenters. The number of methoxy groups -OCH3 is 1. The second-order valence-electron chi connectivity index (χ2n) is 7.81. The Balaban J connectivity index is 1.71. The third kappa shape index (κ3) is 3.52. The topological polar surface area (TPSA) is 59.6 Å². The van der Waals surface area contributed by atoms with Crippen LogP contribution in [-0.4, -0.2) is 30.8 Å². The van der Waals surface area contributed by atoms with Crippen LogP contribution < -0.4 is 15.4 Å². The first-order chi connectivity index (χ1) is 12.4. The van der Waals surface area contributed by atoms with Gasteiger partial charge >= 0.3 is 5.97 Å². The van der Waals surface area contributed by atoms with Crippen molar-refractivity contribution < 1.29 is 14.3 Å². The molecular formula is C20H28N2O3S. The highest BCUT2D eigenvalue weighted by Crippen LogP contribution is 2.60. The van der Waals surface area contributed by atoms with E-state index < -0.39 is 0 Å². The molecular weight excluding hydrogens is 348 g/mol. The van der Waals surface area contributed by atoms with Gasteiger partial charge in [0.25, 0.3) is 0 Å². The van der Waals surface area contributed by atoms with Gasteiger partial charge in [-0.25, -0.2) is 0 Å². The summed E-state index contributed by atoms with van der Waals surface area (Å²) >= 11 is 5.53. The number of esters is 1. The van der Waals surface area contributed by atoms with Gasteiger partial charge in [-0.3, -0.25) is 4.79 Å². The molecule has 2 bridgehead atoms. The van der Waals surface area contributed by atoms with Gasteiger partial charge in [0, 0.05) is 17.8 Å². The Hall–Kier alpha value is -1.82. The van der Waals surface area contributed by atoms with Gasteiger partial charge in [-0.2, -0.15) is 0 Å². The van der Waals surface area contributed by atoms with Crippen molar-refractivity contribution in [2.75, 3.05) is 19.0 Å². The van der Waals surface area contributed by atoms with E-state index in [0.29, 0.717) is 23.6 Å². The quantitative estimate of drug-likeness (QED) is 0.605. The van der Waals surface area contributed by atoms with Crippen LogP contribution in [0.5, 0.6) is 5.75 Å². The average Bonchev–Trinajstić information content (AvgIpc) is 2.61. The molecule has 0 heterocycles. The van der Waals surface area contributed by atoms with Crippen LogP contribution >= 0.6 is 12.2 Å². The molecule has 142 valence electrons. The van der Waals surface area contributed by atoms with Gasteiger partial charge < -0.3 is 20.1 Å². The molecule has 0 aromatic heterocycles. The van der Waals surface area contributed by atoms with E-state index >= 15 is 0 Å². The van der Waals surface area contributed by atoms with Crippen LogP contribution in [-0.2, 0) is 9.53 Å². The third-order valence-corrected chi connectivity index (χ3v) is 6.39. The van der Waals surface area contributed by atoms with Crippen molar-refractivity contribution in [3.63, 3.8) is 0 Å². The number of carbonyl (C=O) groups excluding carboxylic acids is 1. The fraction of sp³-hybridized carbons (Fsp3) is 0.600. The van der Waals surface area contributed by atoms with Crippen molar-refractivity contribution in [2.45, 2.75) is 39.7 Å². The molecule has 3 fully saturated rings. The highest BCUT2D eigenvalue weighted by molar-refractivity contribution is 7.80. The van der Waals surface area contributed by atoms with E-state index in [4.69, 9.17) is 21.7 Å². The number of anilines is 1. The number of benzene rings is 1. The van der Waals surface area contributed by atoms with Crippen molar-refractivity contribution >= 4 is 29.0 Å². The first-order valence-electron chi connectivity index (χ1n) is 9.25. The lowest BCUT2D eigenvalue weighted by Gasteiger charge is -2.62. The first-order valence-corrected chi connectivity index (χ1v) is 9.65. The summed E-state index contributed by atoms with van der Waals surface area (Å²) in [5, 5.41) is 7.15.